The molecule has 0 saturated carbocycles. The quantitative estimate of drug-likeness (QED) is 0.542. The highest BCUT2D eigenvalue weighted by Gasteiger charge is 2.31. The molecule has 3 aromatic rings. The van der Waals surface area contributed by atoms with Crippen LogP contribution in [0.25, 0.3) is 17.5 Å². The average molecular weight is 413 g/mol. The maximum Gasteiger partial charge on any atom is 0.573 e. The number of hydrogen-bond donors (Lipinski definition) is 3. The zero-order chi connectivity index (χ0) is 21.7. The number of aromatic amines is 1. The largest absolute Gasteiger partial charge is 0.573 e. The minimum absolute atomic E-state index is 0.188. The summed E-state index contributed by atoms with van der Waals surface area (Å²) >= 11 is 0. The highest BCUT2D eigenvalue weighted by atomic mass is 19.4. The topological polar surface area (TPSA) is 80.1 Å². The van der Waals surface area contributed by atoms with E-state index in [4.69, 9.17) is 5.73 Å². The fraction of sp³-hybridized carbons (Fsp3) is 0.0455. The van der Waals surface area contributed by atoms with Gasteiger partial charge in [0.2, 0.25) is 0 Å². The molecule has 0 radical (unpaired) electrons. The van der Waals surface area contributed by atoms with E-state index in [2.05, 4.69) is 21.6 Å². The lowest BCUT2D eigenvalue weighted by Crippen LogP contribution is -2.17. The zero-order valence-corrected chi connectivity index (χ0v) is 15.7. The Bertz CT molecular complexity index is 1140. The van der Waals surface area contributed by atoms with E-state index in [0.717, 1.165) is 11.6 Å². The summed E-state index contributed by atoms with van der Waals surface area (Å²) < 4.78 is 41.2. The molecule has 4 N–H and O–H groups in total. The Morgan fingerprint density at radius 3 is 2.53 bits per heavy atom. The monoisotopic (exact) mass is 413 g/mol. The lowest BCUT2D eigenvalue weighted by molar-refractivity contribution is -0.274. The Balaban J connectivity index is 1.90. The first-order valence-corrected chi connectivity index (χ1v) is 8.79. The summed E-state index contributed by atoms with van der Waals surface area (Å²) in [5.74, 6) is -0.393. The van der Waals surface area contributed by atoms with Crippen molar-refractivity contribution in [1.29, 1.82) is 0 Å². The van der Waals surface area contributed by atoms with Crippen LogP contribution in [0.15, 0.2) is 78.2 Å². The molecule has 0 atom stereocenters. The van der Waals surface area contributed by atoms with E-state index >= 15 is 0 Å². The first kappa shape index (κ1) is 20.8. The summed E-state index contributed by atoms with van der Waals surface area (Å²) in [6, 6.07) is 16.1. The minimum atomic E-state index is -4.81. The molecule has 30 heavy (non-hydrogen) atoms. The third-order valence-corrected chi connectivity index (χ3v) is 4.08. The van der Waals surface area contributed by atoms with Crippen molar-refractivity contribution in [3.8, 4) is 5.75 Å². The Morgan fingerprint density at radius 2 is 1.83 bits per heavy atom. The number of pyridine rings is 1. The Labute approximate surface area is 170 Å². The summed E-state index contributed by atoms with van der Waals surface area (Å²) in [5.41, 5.74) is 8.11. The second kappa shape index (κ2) is 8.60. The van der Waals surface area contributed by atoms with Gasteiger partial charge in [-0.15, -0.1) is 13.2 Å². The van der Waals surface area contributed by atoms with Gasteiger partial charge >= 0.3 is 6.36 Å². The molecule has 3 rings (SSSR count). The van der Waals surface area contributed by atoms with E-state index < -0.39 is 17.7 Å². The van der Waals surface area contributed by atoms with Gasteiger partial charge in [-0.25, -0.2) is 0 Å². The van der Waals surface area contributed by atoms with Crippen molar-refractivity contribution in [3.63, 3.8) is 0 Å². The molecule has 0 unspecified atom stereocenters. The first-order chi connectivity index (χ1) is 14.2. The Kier molecular flexibility index (Phi) is 5.96. The van der Waals surface area contributed by atoms with Gasteiger partial charge < -0.3 is 20.8 Å². The van der Waals surface area contributed by atoms with E-state index in [1.165, 1.54) is 24.4 Å². The van der Waals surface area contributed by atoms with Gasteiger partial charge in [0.05, 0.1) is 5.56 Å². The van der Waals surface area contributed by atoms with Crippen LogP contribution in [0.3, 0.4) is 0 Å². The molecule has 5 nitrogen and oxygen atoms in total. The van der Waals surface area contributed by atoms with Crippen LogP contribution in [0.2, 0.25) is 0 Å². The van der Waals surface area contributed by atoms with Crippen LogP contribution in [0.5, 0.6) is 5.75 Å². The number of anilines is 1. The predicted octanol–water partition coefficient (Wildman–Crippen LogP) is 4.81. The Morgan fingerprint density at radius 1 is 1.10 bits per heavy atom. The average Bonchev–Trinajstić information content (AvgIpc) is 2.67. The lowest BCUT2D eigenvalue weighted by atomic mass is 10.0. The number of aromatic nitrogens is 1. The van der Waals surface area contributed by atoms with E-state index in [1.54, 1.807) is 12.1 Å². The fourth-order valence-corrected chi connectivity index (χ4v) is 2.81. The number of nitrogens with one attached hydrogen (secondary N) is 2. The smallest absolute Gasteiger partial charge is 0.406 e. The van der Waals surface area contributed by atoms with Crippen molar-refractivity contribution in [1.82, 2.24) is 4.98 Å². The van der Waals surface area contributed by atoms with Crippen LogP contribution in [0.4, 0.5) is 18.9 Å². The van der Waals surface area contributed by atoms with Crippen molar-refractivity contribution >= 4 is 23.2 Å². The standard InChI is InChI=1S/C22H18F3N3O2/c1-14(28-17-8-5-9-18(13-17)30-22(23,24)25)20-16(10-11-27-21(20)29)12-19(26)15-6-3-2-4-7-15/h2-13,28H,1,26H2,(H,27,29)/b19-12-. The van der Waals surface area contributed by atoms with Gasteiger partial charge in [-0.3, -0.25) is 4.79 Å². The van der Waals surface area contributed by atoms with Gasteiger partial charge in [0.1, 0.15) is 5.75 Å². The van der Waals surface area contributed by atoms with Gasteiger partial charge in [0, 0.05) is 29.3 Å². The molecule has 8 heteroatoms. The molecule has 0 saturated heterocycles. The number of ether oxygens (including phenoxy) is 1. The molecule has 1 heterocycles. The molecule has 0 aliphatic carbocycles. The second-order valence-electron chi connectivity index (χ2n) is 6.28. The van der Waals surface area contributed by atoms with E-state index in [9.17, 15) is 18.0 Å². The van der Waals surface area contributed by atoms with Crippen molar-refractivity contribution < 1.29 is 17.9 Å². The van der Waals surface area contributed by atoms with Gasteiger partial charge in [0.15, 0.2) is 0 Å². The van der Waals surface area contributed by atoms with Crippen LogP contribution in [-0.2, 0) is 0 Å². The SMILES string of the molecule is C=C(Nc1cccc(OC(F)(F)F)c1)c1c(/C=C(\N)c2ccccc2)cc[nH]c1=O. The van der Waals surface area contributed by atoms with Crippen LogP contribution in [0.1, 0.15) is 16.7 Å². The van der Waals surface area contributed by atoms with E-state index in [1.807, 2.05) is 30.3 Å². The first-order valence-electron chi connectivity index (χ1n) is 8.79. The van der Waals surface area contributed by atoms with Gasteiger partial charge in [0.25, 0.3) is 5.56 Å². The van der Waals surface area contributed by atoms with E-state index in [0.29, 0.717) is 11.3 Å². The second-order valence-corrected chi connectivity index (χ2v) is 6.28. The third kappa shape index (κ3) is 5.32. The van der Waals surface area contributed by atoms with Gasteiger partial charge in [-0.1, -0.05) is 43.0 Å². The number of hydrogen-bond acceptors (Lipinski definition) is 4. The van der Waals surface area contributed by atoms with Gasteiger partial charge in [-0.05, 0) is 35.4 Å². The molecular formula is C22H18F3N3O2. The summed E-state index contributed by atoms with van der Waals surface area (Å²) in [6.07, 6.45) is -1.70. The van der Waals surface area contributed by atoms with Crippen molar-refractivity contribution in [3.05, 3.63) is 100 Å². The minimum Gasteiger partial charge on any atom is -0.406 e. The van der Waals surface area contributed by atoms with Crippen molar-refractivity contribution in [2.75, 3.05) is 5.32 Å². The molecule has 154 valence electrons. The molecule has 1 aromatic heterocycles. The summed E-state index contributed by atoms with van der Waals surface area (Å²) in [4.78, 5) is 15.0. The normalized spacial score (nSPS) is 11.8. The summed E-state index contributed by atoms with van der Waals surface area (Å²) in [5, 5.41) is 2.85. The van der Waals surface area contributed by atoms with Crippen LogP contribution < -0.4 is 21.3 Å². The van der Waals surface area contributed by atoms with Crippen molar-refractivity contribution in [2.24, 2.45) is 5.73 Å². The number of rotatable bonds is 6. The third-order valence-electron chi connectivity index (χ3n) is 4.08. The van der Waals surface area contributed by atoms with E-state index in [-0.39, 0.29) is 16.9 Å². The summed E-state index contributed by atoms with van der Waals surface area (Å²) in [6.45, 7) is 3.86. The molecule has 0 amide bonds. The maximum atomic E-state index is 12.4. The highest BCUT2D eigenvalue weighted by molar-refractivity contribution is 5.86. The lowest BCUT2D eigenvalue weighted by Gasteiger charge is -2.14. The summed E-state index contributed by atoms with van der Waals surface area (Å²) in [7, 11) is 0. The number of alkyl halides is 3. The van der Waals surface area contributed by atoms with Crippen LogP contribution in [0, 0.1) is 0 Å². The number of nitrogens with two attached hydrogens (primary N) is 1. The fourth-order valence-electron chi connectivity index (χ4n) is 2.81. The molecule has 0 aliphatic rings. The maximum absolute atomic E-state index is 12.4. The number of H-pyrrole nitrogens is 1. The van der Waals surface area contributed by atoms with Crippen LogP contribution >= 0.6 is 0 Å². The molecule has 0 aliphatic heterocycles. The molecule has 0 spiro atoms. The molecule has 2 aromatic carbocycles. The highest BCUT2D eigenvalue weighted by Crippen LogP contribution is 2.27. The Hall–Kier alpha value is -3.94. The van der Waals surface area contributed by atoms with Crippen LogP contribution in [-0.4, -0.2) is 11.3 Å². The van der Waals surface area contributed by atoms with Gasteiger partial charge in [-0.2, -0.15) is 0 Å². The molecule has 0 fully saturated rings. The zero-order valence-electron chi connectivity index (χ0n) is 15.7. The predicted molar refractivity (Wildman–Crippen MR) is 111 cm³/mol. The molecule has 0 bridgehead atoms. The number of halogens is 3. The number of benzene rings is 2. The molecular weight excluding hydrogens is 395 g/mol. The van der Waals surface area contributed by atoms with Crippen molar-refractivity contribution in [2.45, 2.75) is 6.36 Å².